The number of rotatable bonds is 4. The summed E-state index contributed by atoms with van der Waals surface area (Å²) in [5.41, 5.74) is -1.35. The van der Waals surface area contributed by atoms with Crippen molar-refractivity contribution in [2.24, 2.45) is 5.92 Å². The lowest BCUT2D eigenvalue weighted by Gasteiger charge is -2.29. The fraction of sp³-hybridized carbons (Fsp3) is 0.481. The van der Waals surface area contributed by atoms with Crippen LogP contribution in [0.4, 0.5) is 4.79 Å². The van der Waals surface area contributed by atoms with Gasteiger partial charge in [-0.25, -0.2) is 14.6 Å². The molecule has 5 rings (SSSR count). The van der Waals surface area contributed by atoms with E-state index in [0.29, 0.717) is 30.0 Å². The minimum absolute atomic E-state index is 0.149. The van der Waals surface area contributed by atoms with Gasteiger partial charge in [-0.15, -0.1) is 0 Å². The van der Waals surface area contributed by atoms with Gasteiger partial charge in [0.1, 0.15) is 28.6 Å². The highest BCUT2D eigenvalue weighted by Crippen LogP contribution is 2.45. The normalized spacial score (nSPS) is 27.8. The summed E-state index contributed by atoms with van der Waals surface area (Å²) in [6.07, 6.45) is 6.29. The second-order valence-electron chi connectivity index (χ2n) is 10.2. The Hall–Kier alpha value is -3.53. The minimum atomic E-state index is -1.35. The van der Waals surface area contributed by atoms with Crippen molar-refractivity contribution in [3.8, 4) is 11.6 Å². The van der Waals surface area contributed by atoms with E-state index in [-0.39, 0.29) is 30.1 Å². The molecule has 4 unspecified atom stereocenters. The number of hydrogen-bond donors (Lipinski definition) is 2. The number of halogens is 1. The molecule has 4 atom stereocenters. The highest BCUT2D eigenvalue weighted by molar-refractivity contribution is 6.30. The molecule has 0 bridgehead atoms. The van der Waals surface area contributed by atoms with Gasteiger partial charge in [-0.1, -0.05) is 23.8 Å². The first-order valence-electron chi connectivity index (χ1n) is 12.8. The third-order valence-electron chi connectivity index (χ3n) is 7.61. The molecule has 2 N–H and O–H groups in total. The first-order chi connectivity index (χ1) is 18.2. The summed E-state index contributed by atoms with van der Waals surface area (Å²) in [7, 11) is 3.29. The summed E-state index contributed by atoms with van der Waals surface area (Å²) >= 11 is 6.27. The standard InChI is InChI=1S/C27H31ClN4O6/c1-31-10-6-4-3-5-7-17-14-27(17,25(34)35)30-23(33)21-13-19(15-32(21)26(31)36)38-24-20-9-8-18(37-2)11-16(20)12-22(28)29-24/h5,7-9,11-12,17,19,21H,3-4,6,10,13-15H2,1-2H3,(H,30,33)(H,34,35). The Morgan fingerprint density at radius 2 is 2.08 bits per heavy atom. The maximum absolute atomic E-state index is 13.5. The second kappa shape index (κ2) is 10.3. The van der Waals surface area contributed by atoms with Gasteiger partial charge in [-0.2, -0.15) is 0 Å². The molecule has 1 saturated heterocycles. The van der Waals surface area contributed by atoms with Gasteiger partial charge in [-0.05, 0) is 55.3 Å². The van der Waals surface area contributed by atoms with Crippen LogP contribution in [0.3, 0.4) is 0 Å². The van der Waals surface area contributed by atoms with E-state index < -0.39 is 29.6 Å². The second-order valence-corrected chi connectivity index (χ2v) is 10.6. The van der Waals surface area contributed by atoms with E-state index in [1.54, 1.807) is 31.2 Å². The van der Waals surface area contributed by atoms with E-state index in [4.69, 9.17) is 21.1 Å². The fourth-order valence-electron chi connectivity index (χ4n) is 5.34. The van der Waals surface area contributed by atoms with Gasteiger partial charge < -0.3 is 29.7 Å². The molecule has 2 fully saturated rings. The number of nitrogens with one attached hydrogen (secondary N) is 1. The average Bonchev–Trinajstić information content (AvgIpc) is 3.42. The van der Waals surface area contributed by atoms with Crippen LogP contribution in [0.2, 0.25) is 5.15 Å². The van der Waals surface area contributed by atoms with Crippen molar-refractivity contribution >= 4 is 40.3 Å². The van der Waals surface area contributed by atoms with E-state index in [1.165, 1.54) is 4.90 Å². The van der Waals surface area contributed by atoms with Crippen molar-refractivity contribution in [1.82, 2.24) is 20.1 Å². The number of carbonyl (C=O) groups is 3. The van der Waals surface area contributed by atoms with Gasteiger partial charge in [0.25, 0.3) is 0 Å². The number of fused-ring (bicyclic) bond motifs is 3. The topological polar surface area (TPSA) is 121 Å². The van der Waals surface area contributed by atoms with Crippen molar-refractivity contribution in [2.75, 3.05) is 27.2 Å². The monoisotopic (exact) mass is 542 g/mol. The highest BCUT2D eigenvalue weighted by atomic mass is 35.5. The lowest BCUT2D eigenvalue weighted by Crippen LogP contribution is -2.54. The molecule has 10 nitrogen and oxygen atoms in total. The third-order valence-corrected chi connectivity index (χ3v) is 7.81. The van der Waals surface area contributed by atoms with Crippen LogP contribution in [0, 0.1) is 5.92 Å². The number of benzene rings is 1. The van der Waals surface area contributed by atoms with Crippen molar-refractivity contribution in [3.63, 3.8) is 0 Å². The molecule has 38 heavy (non-hydrogen) atoms. The summed E-state index contributed by atoms with van der Waals surface area (Å²) in [6, 6.07) is 5.96. The van der Waals surface area contributed by atoms with E-state index in [0.717, 1.165) is 24.6 Å². The van der Waals surface area contributed by atoms with Crippen molar-refractivity contribution < 1.29 is 29.0 Å². The van der Waals surface area contributed by atoms with Crippen LogP contribution in [0.15, 0.2) is 36.4 Å². The first-order valence-corrected chi connectivity index (χ1v) is 13.1. The number of carboxylic acid groups (broad SMARTS) is 1. The lowest BCUT2D eigenvalue weighted by atomic mass is 10.1. The molecule has 2 aliphatic heterocycles. The summed E-state index contributed by atoms with van der Waals surface area (Å²) in [5, 5.41) is 14.4. The van der Waals surface area contributed by atoms with E-state index in [2.05, 4.69) is 10.3 Å². The number of aromatic nitrogens is 1. The predicted octanol–water partition coefficient (Wildman–Crippen LogP) is 3.47. The SMILES string of the molecule is COc1ccc2c(OC3CC4C(=O)NC5(C(=O)O)CC5C=CCCCCN(C)C(=O)N4C3)nc(Cl)cc2c1. The molecule has 1 saturated carbocycles. The Morgan fingerprint density at radius 3 is 2.84 bits per heavy atom. The molecular weight excluding hydrogens is 512 g/mol. The number of pyridine rings is 1. The zero-order valence-corrected chi connectivity index (χ0v) is 22.1. The maximum atomic E-state index is 13.5. The smallest absolute Gasteiger partial charge is 0.330 e. The Kier molecular flexibility index (Phi) is 7.09. The number of urea groups is 1. The molecule has 1 aromatic carbocycles. The molecule has 11 heteroatoms. The van der Waals surface area contributed by atoms with Gasteiger partial charge in [0.05, 0.1) is 13.7 Å². The summed E-state index contributed by atoms with van der Waals surface area (Å²) in [4.78, 5) is 46.5. The van der Waals surface area contributed by atoms with Gasteiger partial charge >= 0.3 is 12.0 Å². The van der Waals surface area contributed by atoms with Crippen LogP contribution in [0.1, 0.15) is 32.1 Å². The lowest BCUT2D eigenvalue weighted by molar-refractivity contribution is -0.144. The van der Waals surface area contributed by atoms with Crippen LogP contribution < -0.4 is 14.8 Å². The Labute approximate surface area is 225 Å². The maximum Gasteiger partial charge on any atom is 0.330 e. The largest absolute Gasteiger partial charge is 0.497 e. The van der Waals surface area contributed by atoms with Gasteiger partial charge in [0.2, 0.25) is 11.8 Å². The van der Waals surface area contributed by atoms with Crippen LogP contribution in [-0.4, -0.2) is 82.7 Å². The zero-order chi connectivity index (χ0) is 27.0. The Morgan fingerprint density at radius 1 is 1.26 bits per heavy atom. The summed E-state index contributed by atoms with van der Waals surface area (Å²) < 4.78 is 11.6. The number of aliphatic carboxylic acids is 1. The number of hydrogen-bond acceptors (Lipinski definition) is 6. The quantitative estimate of drug-likeness (QED) is 0.448. The summed E-state index contributed by atoms with van der Waals surface area (Å²) in [5.74, 6) is -0.888. The summed E-state index contributed by atoms with van der Waals surface area (Å²) in [6.45, 7) is 0.699. The fourth-order valence-corrected chi connectivity index (χ4v) is 5.54. The van der Waals surface area contributed by atoms with Gasteiger partial charge in [0, 0.05) is 31.3 Å². The number of methoxy groups -OCH3 is 1. The number of carbonyl (C=O) groups excluding carboxylic acids is 2. The molecule has 0 spiro atoms. The zero-order valence-electron chi connectivity index (χ0n) is 21.4. The number of allylic oxidation sites excluding steroid dienone is 1. The number of carboxylic acids is 1. The van der Waals surface area contributed by atoms with Crippen LogP contribution in [0.5, 0.6) is 11.6 Å². The van der Waals surface area contributed by atoms with Crippen molar-refractivity contribution in [1.29, 1.82) is 0 Å². The molecule has 3 amide bonds. The molecule has 202 valence electrons. The number of ether oxygens (including phenoxy) is 2. The number of nitrogens with zero attached hydrogens (tertiary/aromatic N) is 3. The highest BCUT2D eigenvalue weighted by Gasteiger charge is 2.61. The predicted molar refractivity (Wildman–Crippen MR) is 140 cm³/mol. The van der Waals surface area contributed by atoms with E-state index in [1.807, 2.05) is 24.3 Å². The van der Waals surface area contributed by atoms with Gasteiger partial charge in [-0.3, -0.25) is 4.79 Å². The first kappa shape index (κ1) is 26.1. The molecule has 3 aliphatic rings. The van der Waals surface area contributed by atoms with E-state index in [9.17, 15) is 19.5 Å². The van der Waals surface area contributed by atoms with E-state index >= 15 is 0 Å². The van der Waals surface area contributed by atoms with Crippen LogP contribution >= 0.6 is 11.6 Å². The molecular formula is C27H31ClN4O6. The molecule has 0 radical (unpaired) electrons. The Bertz CT molecular complexity index is 1300. The third kappa shape index (κ3) is 4.97. The average molecular weight is 543 g/mol. The van der Waals surface area contributed by atoms with Gasteiger partial charge in [0.15, 0.2) is 0 Å². The van der Waals surface area contributed by atoms with Crippen LogP contribution in [-0.2, 0) is 9.59 Å². The van der Waals surface area contributed by atoms with Crippen molar-refractivity contribution in [3.05, 3.63) is 41.6 Å². The van der Waals surface area contributed by atoms with Crippen LogP contribution in [0.25, 0.3) is 10.8 Å². The molecule has 1 aromatic heterocycles. The molecule has 1 aliphatic carbocycles. The molecule has 2 aromatic rings. The minimum Gasteiger partial charge on any atom is -0.497 e. The Balaban J connectivity index is 1.43. The van der Waals surface area contributed by atoms with Crippen molar-refractivity contribution in [2.45, 2.75) is 49.8 Å². The molecule has 3 heterocycles. The number of amides is 3.